The van der Waals surface area contributed by atoms with Gasteiger partial charge in [0.25, 0.3) is 0 Å². The Morgan fingerprint density at radius 1 is 0.321 bits per heavy atom. The van der Waals surface area contributed by atoms with Crippen LogP contribution in [0.3, 0.4) is 0 Å². The van der Waals surface area contributed by atoms with E-state index in [4.69, 9.17) is 10.7 Å². The number of thiophene rings is 2. The molecule has 3 aromatic heterocycles. The van der Waals surface area contributed by atoms with Crippen molar-refractivity contribution in [3.63, 3.8) is 0 Å². The van der Waals surface area contributed by atoms with E-state index >= 15 is 0 Å². The van der Waals surface area contributed by atoms with Crippen molar-refractivity contribution in [3.8, 4) is 55.6 Å². The highest BCUT2D eigenvalue weighted by Crippen LogP contribution is 2.45. The fourth-order valence-corrected chi connectivity index (χ4v) is 13.9. The van der Waals surface area contributed by atoms with E-state index in [1.165, 1.54) is 87.1 Å². The Bertz CT molecular complexity index is 4950. The quantitative estimate of drug-likeness (QED) is 0.132. The highest BCUT2D eigenvalue weighted by molar-refractivity contribution is 7.25. The number of nitrogens with zero attached hydrogens (tertiary/aromatic N) is 3. The van der Waals surface area contributed by atoms with Crippen LogP contribution < -0.4 is 15.5 Å². The van der Waals surface area contributed by atoms with Gasteiger partial charge >= 0.3 is 0 Å². The number of hydrogen-bond donors (Lipinski definition) is 1. The topological polar surface area (TPSA) is 45.4 Å². The highest BCUT2D eigenvalue weighted by Gasteiger charge is 2.20. The minimum atomic E-state index is 0.829. The Kier molecular flexibility index (Phi) is 13.0. The molecule has 3 heterocycles. The van der Waals surface area contributed by atoms with Crippen LogP contribution in [0, 0.1) is 0 Å². The molecule has 0 unspecified atom stereocenters. The molecule has 0 spiro atoms. The van der Waals surface area contributed by atoms with Crippen LogP contribution in [0.2, 0.25) is 0 Å². The molecule has 15 rings (SSSR count). The molecule has 0 aliphatic heterocycles. The minimum Gasteiger partial charge on any atom is -0.390 e. The highest BCUT2D eigenvalue weighted by atomic mass is 32.1. The zero-order chi connectivity index (χ0) is 56.1. The molecule has 0 radical (unpaired) electrons. The van der Waals surface area contributed by atoms with Crippen LogP contribution in [0.25, 0.3) is 114 Å². The molecule has 2 N–H and O–H groups in total. The van der Waals surface area contributed by atoms with Crippen molar-refractivity contribution < 1.29 is 0 Å². The minimum absolute atomic E-state index is 0.829. The lowest BCUT2D eigenvalue weighted by molar-refractivity contribution is 1.22. The monoisotopic (exact) mass is 1110 g/mol. The summed E-state index contributed by atoms with van der Waals surface area (Å²) >= 11 is 3.38. The molecule has 0 saturated heterocycles. The van der Waals surface area contributed by atoms with Crippen molar-refractivity contribution in [2.45, 2.75) is 6.92 Å². The van der Waals surface area contributed by atoms with E-state index in [-0.39, 0.29) is 0 Å². The Balaban J connectivity index is 0.743. The molecule has 0 aliphatic carbocycles. The lowest BCUT2D eigenvalue weighted by Crippen LogP contribution is -2.11. The number of nitrogen functional groups attached to an aromatic ring is 1. The summed E-state index contributed by atoms with van der Waals surface area (Å²) in [6.07, 6.45) is 4.16. The van der Waals surface area contributed by atoms with E-state index in [2.05, 4.69) is 307 Å². The normalized spacial score (nSPS) is 11.6. The molecule has 0 atom stereocenters. The van der Waals surface area contributed by atoms with Gasteiger partial charge in [-0.25, -0.2) is 4.98 Å². The van der Waals surface area contributed by atoms with Crippen molar-refractivity contribution in [1.82, 2.24) is 4.98 Å². The molecule has 0 bridgehead atoms. The third-order valence-electron chi connectivity index (χ3n) is 16.2. The Hall–Kier alpha value is -10.4. The number of fused-ring (bicyclic) bond motifs is 6. The van der Waals surface area contributed by atoms with Gasteiger partial charge in [0.1, 0.15) is 10.6 Å². The van der Waals surface area contributed by atoms with Crippen LogP contribution in [0.1, 0.15) is 12.5 Å². The predicted octanol–water partition coefficient (Wildman–Crippen LogP) is 22.9. The van der Waals surface area contributed by atoms with Gasteiger partial charge in [-0.3, -0.25) is 4.90 Å². The molecule has 0 saturated carbocycles. The molecule has 0 aliphatic rings. The summed E-state index contributed by atoms with van der Waals surface area (Å²) in [6.45, 7) is 2.04. The average Bonchev–Trinajstić information content (AvgIpc) is 3.53. The van der Waals surface area contributed by atoms with E-state index in [9.17, 15) is 0 Å². The fourth-order valence-electron chi connectivity index (χ4n) is 11.9. The average molecular weight is 1110 g/mol. The lowest BCUT2D eigenvalue weighted by Gasteiger charge is -2.26. The molecule has 0 amide bonds. The van der Waals surface area contributed by atoms with Gasteiger partial charge in [-0.05, 0) is 181 Å². The van der Waals surface area contributed by atoms with E-state index in [1.807, 2.05) is 6.92 Å². The first-order valence-electron chi connectivity index (χ1n) is 28.4. The van der Waals surface area contributed by atoms with Crippen LogP contribution in [0.4, 0.5) is 39.3 Å². The molecule has 84 heavy (non-hydrogen) atoms. The van der Waals surface area contributed by atoms with E-state index in [0.29, 0.717) is 0 Å². The lowest BCUT2D eigenvalue weighted by atomic mass is 9.97. The Morgan fingerprint density at radius 3 is 1.31 bits per heavy atom. The third-order valence-corrected chi connectivity index (χ3v) is 18.2. The van der Waals surface area contributed by atoms with Gasteiger partial charge < -0.3 is 10.6 Å². The van der Waals surface area contributed by atoms with Crippen molar-refractivity contribution in [2.24, 2.45) is 0 Å². The smallest absolute Gasteiger partial charge is 0.139 e. The van der Waals surface area contributed by atoms with Crippen molar-refractivity contribution in [3.05, 3.63) is 297 Å². The number of allylic oxidation sites excluding steroid dienone is 1. The second kappa shape index (κ2) is 21.5. The van der Waals surface area contributed by atoms with Gasteiger partial charge in [0.2, 0.25) is 0 Å². The van der Waals surface area contributed by atoms with E-state index in [0.717, 1.165) is 65.3 Å². The Morgan fingerprint density at radius 2 is 0.738 bits per heavy atom. The van der Waals surface area contributed by atoms with Gasteiger partial charge in [-0.15, -0.1) is 22.7 Å². The van der Waals surface area contributed by atoms with Gasteiger partial charge in [-0.1, -0.05) is 200 Å². The first-order chi connectivity index (χ1) is 41.4. The van der Waals surface area contributed by atoms with Gasteiger partial charge in [0.15, 0.2) is 0 Å². The first-order valence-corrected chi connectivity index (χ1v) is 30.0. The van der Waals surface area contributed by atoms with Crippen LogP contribution in [-0.2, 0) is 0 Å². The third kappa shape index (κ3) is 9.53. The SMILES string of the molecule is C/C=C\c1c(N)sc2cc(N(c3ccc(-c4ccccc4)cc3)c3ccc4ccc(-c5ccc(-c6ccc7sc8nc(N(c9ccc(-c%10ccccc%10)cc9)c9ccc%10ccc(-c%11ccccc%11)cc%10c9)ccc8c7c6)cc5)cc4c3)ccc12. The summed E-state index contributed by atoms with van der Waals surface area (Å²) in [5.41, 5.74) is 24.8. The largest absolute Gasteiger partial charge is 0.390 e. The molecule has 6 heteroatoms. The number of benzene rings is 12. The molecule has 4 nitrogen and oxygen atoms in total. The first kappa shape index (κ1) is 50.6. The van der Waals surface area contributed by atoms with E-state index < -0.39 is 0 Å². The number of pyridine rings is 1. The second-order valence-electron chi connectivity index (χ2n) is 21.3. The van der Waals surface area contributed by atoms with Gasteiger partial charge in [0, 0.05) is 59.6 Å². The predicted molar refractivity (Wildman–Crippen MR) is 363 cm³/mol. The van der Waals surface area contributed by atoms with Crippen LogP contribution in [-0.4, -0.2) is 4.98 Å². The molecule has 12 aromatic carbocycles. The van der Waals surface area contributed by atoms with Crippen molar-refractivity contribution in [1.29, 1.82) is 0 Å². The molecule has 398 valence electrons. The maximum atomic E-state index is 6.58. The number of aromatic nitrogens is 1. The molecular formula is C78H54N4S2. The summed E-state index contributed by atoms with van der Waals surface area (Å²) in [7, 11) is 0. The second-order valence-corrected chi connectivity index (χ2v) is 23.4. The number of nitrogens with two attached hydrogens (primary N) is 1. The summed E-state index contributed by atoms with van der Waals surface area (Å²) in [4.78, 5) is 11.1. The number of hydrogen-bond acceptors (Lipinski definition) is 6. The van der Waals surface area contributed by atoms with Crippen molar-refractivity contribution >= 4 is 120 Å². The standard InChI is InChI=1S/C78H54N4S2/c1-2-12-71-70-41-40-69(50-75(70)83-77(71)79)81(65-34-27-54(28-35-65)51-13-6-3-7-14-51)67-38-31-58-24-26-61(46-63(58)47-67)56-19-21-57(22-20-56)62-33-43-74-73(49-62)72-42-44-76(80-78(72)84-74)82(66-36-29-55(30-37-66)52-15-8-4-9-16-52)68-39-32-59-23-25-60(45-64(59)48-68)53-17-10-5-11-18-53/h2-50H,79H2,1H3/b12-2-. The summed E-state index contributed by atoms with van der Waals surface area (Å²) in [5, 5.41) is 9.07. The maximum Gasteiger partial charge on any atom is 0.139 e. The molecule has 0 fully saturated rings. The Labute approximate surface area is 496 Å². The summed E-state index contributed by atoms with van der Waals surface area (Å²) in [6, 6.07) is 104. The van der Waals surface area contributed by atoms with Crippen molar-refractivity contribution in [2.75, 3.05) is 15.5 Å². The summed E-state index contributed by atoms with van der Waals surface area (Å²) < 4.78 is 2.37. The zero-order valence-electron chi connectivity index (χ0n) is 46.0. The van der Waals surface area contributed by atoms with Crippen LogP contribution in [0.15, 0.2) is 291 Å². The summed E-state index contributed by atoms with van der Waals surface area (Å²) in [5.74, 6) is 0.868. The van der Waals surface area contributed by atoms with E-state index in [1.54, 1.807) is 22.7 Å². The number of rotatable bonds is 12. The fraction of sp³-hybridized carbons (Fsp3) is 0.0128. The zero-order valence-corrected chi connectivity index (χ0v) is 47.7. The number of anilines is 7. The van der Waals surface area contributed by atoms with Crippen LogP contribution >= 0.6 is 22.7 Å². The van der Waals surface area contributed by atoms with Crippen LogP contribution in [0.5, 0.6) is 0 Å². The molecule has 15 aromatic rings. The van der Waals surface area contributed by atoms with Gasteiger partial charge in [-0.2, -0.15) is 0 Å². The maximum absolute atomic E-state index is 6.58. The molecular weight excluding hydrogens is 1060 g/mol. The van der Waals surface area contributed by atoms with Gasteiger partial charge in [0.05, 0.1) is 5.00 Å².